The van der Waals surface area contributed by atoms with Crippen molar-refractivity contribution in [1.29, 1.82) is 0 Å². The molecule has 0 saturated carbocycles. The van der Waals surface area contributed by atoms with Gasteiger partial charge in [-0.15, -0.1) is 0 Å². The fourth-order valence-electron chi connectivity index (χ4n) is 1.73. The van der Waals surface area contributed by atoms with Crippen molar-refractivity contribution in [3.8, 4) is 0 Å². The minimum Gasteiger partial charge on any atom is -0.399 e. The van der Waals surface area contributed by atoms with Crippen LogP contribution in [0.15, 0.2) is 50.2 Å². The second kappa shape index (κ2) is 7.14. The van der Waals surface area contributed by atoms with Crippen molar-refractivity contribution in [2.45, 2.75) is 10.4 Å². The molecule has 3 nitrogen and oxygen atoms in total. The summed E-state index contributed by atoms with van der Waals surface area (Å²) in [6, 6.07) is 8.95. The van der Waals surface area contributed by atoms with Gasteiger partial charge in [0.2, 0.25) is 0 Å². The second-order valence-electron chi connectivity index (χ2n) is 4.39. The molecule has 0 aromatic heterocycles. The minimum atomic E-state index is -4.38. The summed E-state index contributed by atoms with van der Waals surface area (Å²) in [5.41, 5.74) is 2.36. The van der Waals surface area contributed by atoms with Gasteiger partial charge in [0.05, 0.1) is 5.69 Å². The van der Waals surface area contributed by atoms with Gasteiger partial charge in [0.25, 0.3) is 5.91 Å². The first-order chi connectivity index (χ1) is 10.7. The van der Waals surface area contributed by atoms with Gasteiger partial charge in [-0.05, 0) is 74.0 Å². The molecule has 0 bridgehead atoms. The largest absolute Gasteiger partial charge is 0.446 e. The van der Waals surface area contributed by atoms with Gasteiger partial charge in [-0.2, -0.15) is 13.2 Å². The first kappa shape index (κ1) is 18.2. The Bertz CT molecular complexity index is 730. The summed E-state index contributed by atoms with van der Waals surface area (Å²) in [5.74, 6) is -0.421. The van der Waals surface area contributed by atoms with Crippen LogP contribution in [0.3, 0.4) is 0 Å². The van der Waals surface area contributed by atoms with Crippen LogP contribution in [0.1, 0.15) is 10.4 Å². The number of amides is 1. The average molecular weight is 470 g/mol. The molecule has 2 rings (SSSR count). The van der Waals surface area contributed by atoms with Crippen molar-refractivity contribution in [2.24, 2.45) is 0 Å². The normalized spacial score (nSPS) is 11.3. The van der Waals surface area contributed by atoms with Crippen molar-refractivity contribution in [3.05, 3.63) is 50.9 Å². The Morgan fingerprint density at radius 1 is 1.13 bits per heavy atom. The lowest BCUT2D eigenvalue weighted by Gasteiger charge is -2.13. The number of nitrogens with two attached hydrogens (primary N) is 1. The molecule has 0 saturated heterocycles. The SMILES string of the molecule is Nc1cccc(C(=O)Nc2c(Br)cc(SC(F)(F)F)cc2Br)c1. The summed E-state index contributed by atoms with van der Waals surface area (Å²) in [7, 11) is 0. The molecular formula is C14H9Br2F3N2OS. The predicted molar refractivity (Wildman–Crippen MR) is 92.6 cm³/mol. The van der Waals surface area contributed by atoms with E-state index in [-0.39, 0.29) is 16.7 Å². The highest BCUT2D eigenvalue weighted by atomic mass is 79.9. The number of nitrogens with one attached hydrogen (secondary N) is 1. The summed E-state index contributed by atoms with van der Waals surface area (Å²) < 4.78 is 37.9. The van der Waals surface area contributed by atoms with E-state index in [1.165, 1.54) is 18.2 Å². The lowest BCUT2D eigenvalue weighted by molar-refractivity contribution is -0.0328. The third-order valence-corrected chi connectivity index (χ3v) is 4.59. The molecule has 0 fully saturated rings. The zero-order valence-electron chi connectivity index (χ0n) is 11.2. The van der Waals surface area contributed by atoms with Crippen LogP contribution in [0.25, 0.3) is 0 Å². The first-order valence-electron chi connectivity index (χ1n) is 6.07. The van der Waals surface area contributed by atoms with Crippen molar-refractivity contribution in [1.82, 2.24) is 0 Å². The quantitative estimate of drug-likeness (QED) is 0.450. The summed E-state index contributed by atoms with van der Waals surface area (Å²) in [6.07, 6.45) is 0. The van der Waals surface area contributed by atoms with Crippen LogP contribution < -0.4 is 11.1 Å². The predicted octanol–water partition coefficient (Wildman–Crippen LogP) is 5.66. The molecule has 0 unspecified atom stereocenters. The molecule has 9 heteroatoms. The summed E-state index contributed by atoms with van der Waals surface area (Å²) in [5, 5.41) is 2.63. The first-order valence-corrected chi connectivity index (χ1v) is 8.47. The Balaban J connectivity index is 2.25. The molecule has 0 atom stereocenters. The van der Waals surface area contributed by atoms with Crippen LogP contribution >= 0.6 is 43.6 Å². The lowest BCUT2D eigenvalue weighted by Crippen LogP contribution is -2.13. The van der Waals surface area contributed by atoms with E-state index in [1.54, 1.807) is 18.2 Å². The van der Waals surface area contributed by atoms with Gasteiger partial charge in [-0.1, -0.05) is 6.07 Å². The van der Waals surface area contributed by atoms with Crippen molar-refractivity contribution in [2.75, 3.05) is 11.1 Å². The molecule has 0 heterocycles. The molecule has 0 aliphatic rings. The second-order valence-corrected chi connectivity index (χ2v) is 7.24. The van der Waals surface area contributed by atoms with E-state index in [0.717, 1.165) is 0 Å². The number of hydrogen-bond acceptors (Lipinski definition) is 3. The number of halogens is 5. The van der Waals surface area contributed by atoms with Gasteiger partial charge in [-0.3, -0.25) is 4.79 Å². The van der Waals surface area contributed by atoms with Crippen molar-refractivity contribution < 1.29 is 18.0 Å². The number of hydrogen-bond donors (Lipinski definition) is 2. The molecule has 1 amide bonds. The van der Waals surface area contributed by atoms with Crippen LogP contribution in [0, 0.1) is 0 Å². The van der Waals surface area contributed by atoms with Crippen LogP contribution in [-0.2, 0) is 0 Å². The monoisotopic (exact) mass is 468 g/mol. The highest BCUT2D eigenvalue weighted by Gasteiger charge is 2.30. The van der Waals surface area contributed by atoms with Crippen LogP contribution in [0.2, 0.25) is 0 Å². The Kier molecular flexibility index (Phi) is 5.64. The van der Waals surface area contributed by atoms with E-state index in [1.807, 2.05) is 0 Å². The van der Waals surface area contributed by atoms with Gasteiger partial charge in [-0.25, -0.2) is 0 Å². The van der Waals surface area contributed by atoms with E-state index in [0.29, 0.717) is 25.9 Å². The zero-order chi connectivity index (χ0) is 17.2. The molecule has 3 N–H and O–H groups in total. The Morgan fingerprint density at radius 3 is 2.26 bits per heavy atom. The van der Waals surface area contributed by atoms with E-state index < -0.39 is 11.4 Å². The number of nitrogen functional groups attached to an aromatic ring is 1. The topological polar surface area (TPSA) is 55.1 Å². The molecule has 0 aliphatic heterocycles. The highest BCUT2D eigenvalue weighted by Crippen LogP contribution is 2.42. The van der Waals surface area contributed by atoms with Crippen LogP contribution in [0.5, 0.6) is 0 Å². The average Bonchev–Trinajstić information content (AvgIpc) is 2.40. The molecule has 0 radical (unpaired) electrons. The maximum atomic E-state index is 12.4. The Hall–Kier alpha value is -1.19. The Morgan fingerprint density at radius 2 is 1.74 bits per heavy atom. The number of thioether (sulfide) groups is 1. The van der Waals surface area contributed by atoms with Crippen LogP contribution in [0.4, 0.5) is 24.5 Å². The molecule has 0 aliphatic carbocycles. The van der Waals surface area contributed by atoms with Gasteiger partial charge in [0, 0.05) is 25.1 Å². The summed E-state index contributed by atoms with van der Waals surface area (Å²) >= 11 is 6.11. The maximum Gasteiger partial charge on any atom is 0.446 e. The number of carbonyl (C=O) groups is 1. The number of alkyl halides is 3. The van der Waals surface area contributed by atoms with Gasteiger partial charge >= 0.3 is 5.51 Å². The van der Waals surface area contributed by atoms with E-state index in [4.69, 9.17) is 5.73 Å². The zero-order valence-corrected chi connectivity index (χ0v) is 15.2. The lowest BCUT2D eigenvalue weighted by atomic mass is 10.2. The van der Waals surface area contributed by atoms with Gasteiger partial charge in [0.15, 0.2) is 0 Å². The molecule has 0 spiro atoms. The third-order valence-electron chi connectivity index (χ3n) is 2.64. The van der Waals surface area contributed by atoms with Gasteiger partial charge in [0.1, 0.15) is 0 Å². The maximum absolute atomic E-state index is 12.4. The van der Waals surface area contributed by atoms with E-state index in [9.17, 15) is 18.0 Å². The number of benzene rings is 2. The highest BCUT2D eigenvalue weighted by molar-refractivity contribution is 9.11. The number of carbonyl (C=O) groups excluding carboxylic acids is 1. The number of anilines is 2. The van der Waals surface area contributed by atoms with Gasteiger partial charge < -0.3 is 11.1 Å². The molecule has 23 heavy (non-hydrogen) atoms. The van der Waals surface area contributed by atoms with Crippen molar-refractivity contribution >= 4 is 60.9 Å². The number of rotatable bonds is 3. The fraction of sp³-hybridized carbons (Fsp3) is 0.0714. The fourth-order valence-corrected chi connectivity index (χ4v) is 4.04. The molecule has 122 valence electrons. The van der Waals surface area contributed by atoms with E-state index in [2.05, 4.69) is 37.2 Å². The Labute approximate surface area is 151 Å². The third kappa shape index (κ3) is 5.15. The van der Waals surface area contributed by atoms with E-state index >= 15 is 0 Å². The molecule has 2 aromatic rings. The van der Waals surface area contributed by atoms with Crippen LogP contribution in [-0.4, -0.2) is 11.4 Å². The summed E-state index contributed by atoms with van der Waals surface area (Å²) in [4.78, 5) is 12.2. The molecular weight excluding hydrogens is 461 g/mol. The standard InChI is InChI=1S/C14H9Br2F3N2OS/c15-10-5-9(23-14(17,18)19)6-11(16)12(10)21-13(22)7-2-1-3-8(20)4-7/h1-6H,20H2,(H,21,22). The smallest absolute Gasteiger partial charge is 0.399 e. The molecule has 2 aromatic carbocycles. The van der Waals surface area contributed by atoms with Crippen molar-refractivity contribution in [3.63, 3.8) is 0 Å². The minimum absolute atomic E-state index is 0.00166. The summed E-state index contributed by atoms with van der Waals surface area (Å²) in [6.45, 7) is 0.